The molecule has 1 aromatic heterocycles. The lowest BCUT2D eigenvalue weighted by Gasteiger charge is -2.08. The average Bonchev–Trinajstić information content (AvgIpc) is 3.00. The summed E-state index contributed by atoms with van der Waals surface area (Å²) in [5, 5.41) is 0.641. The lowest BCUT2D eigenvalue weighted by molar-refractivity contribution is 0.684. The van der Waals surface area contributed by atoms with Crippen LogP contribution in [0.3, 0.4) is 0 Å². The molecule has 0 N–H and O–H groups in total. The van der Waals surface area contributed by atoms with Gasteiger partial charge in [-0.2, -0.15) is 4.40 Å². The SMILES string of the molecule is Cc1ccc(S(=O)N=C(c2ccc(Cl)cc2)c2cncn2C)cc1. The molecule has 122 valence electrons. The van der Waals surface area contributed by atoms with Crippen LogP contribution >= 0.6 is 11.6 Å². The van der Waals surface area contributed by atoms with Crippen molar-refractivity contribution in [2.24, 2.45) is 11.4 Å². The normalized spacial score (nSPS) is 13.0. The van der Waals surface area contributed by atoms with Crippen molar-refractivity contribution in [1.29, 1.82) is 0 Å². The molecule has 0 aliphatic heterocycles. The fraction of sp³-hybridized carbons (Fsp3) is 0.111. The van der Waals surface area contributed by atoms with Gasteiger partial charge in [0.1, 0.15) is 5.71 Å². The lowest BCUT2D eigenvalue weighted by Crippen LogP contribution is -2.10. The number of hydrogen-bond donors (Lipinski definition) is 0. The van der Waals surface area contributed by atoms with E-state index in [1.165, 1.54) is 0 Å². The first-order chi connectivity index (χ1) is 11.5. The highest BCUT2D eigenvalue weighted by atomic mass is 35.5. The molecule has 0 spiro atoms. The summed E-state index contributed by atoms with van der Waals surface area (Å²) < 4.78 is 19.0. The largest absolute Gasteiger partial charge is 0.332 e. The van der Waals surface area contributed by atoms with Crippen LogP contribution in [0.5, 0.6) is 0 Å². The molecule has 0 saturated heterocycles. The van der Waals surface area contributed by atoms with Gasteiger partial charge >= 0.3 is 0 Å². The van der Waals surface area contributed by atoms with E-state index in [0.717, 1.165) is 16.8 Å². The zero-order valence-electron chi connectivity index (χ0n) is 13.3. The Hall–Kier alpha value is -2.24. The summed E-state index contributed by atoms with van der Waals surface area (Å²) in [5.74, 6) is 0. The summed E-state index contributed by atoms with van der Waals surface area (Å²) in [6.07, 6.45) is 3.40. The molecule has 3 aromatic rings. The summed E-state index contributed by atoms with van der Waals surface area (Å²) in [6, 6.07) is 14.8. The van der Waals surface area contributed by atoms with Crippen LogP contribution in [0, 0.1) is 6.92 Å². The lowest BCUT2D eigenvalue weighted by atomic mass is 10.1. The molecule has 4 nitrogen and oxygen atoms in total. The van der Waals surface area contributed by atoms with Crippen LogP contribution in [-0.4, -0.2) is 19.5 Å². The van der Waals surface area contributed by atoms with Crippen molar-refractivity contribution < 1.29 is 4.21 Å². The van der Waals surface area contributed by atoms with Crippen LogP contribution in [0.1, 0.15) is 16.8 Å². The highest BCUT2D eigenvalue weighted by Gasteiger charge is 2.13. The van der Waals surface area contributed by atoms with E-state index in [-0.39, 0.29) is 0 Å². The van der Waals surface area contributed by atoms with Gasteiger partial charge in [0.2, 0.25) is 0 Å². The molecule has 0 aliphatic rings. The van der Waals surface area contributed by atoms with Gasteiger partial charge in [0.25, 0.3) is 0 Å². The molecule has 1 heterocycles. The Morgan fingerprint density at radius 1 is 1.12 bits per heavy atom. The second-order valence-corrected chi connectivity index (χ2v) is 6.99. The second-order valence-electron chi connectivity index (χ2n) is 5.40. The van der Waals surface area contributed by atoms with E-state index in [0.29, 0.717) is 15.6 Å². The highest BCUT2D eigenvalue weighted by Crippen LogP contribution is 2.17. The van der Waals surface area contributed by atoms with Crippen molar-refractivity contribution in [2.75, 3.05) is 0 Å². The standard InChI is InChI=1S/C18H16ClN3OS/c1-13-3-9-16(10-4-13)24(23)21-18(17-11-20-12-22(17)2)14-5-7-15(19)8-6-14/h3-12H,1-2H3. The fourth-order valence-corrected chi connectivity index (χ4v) is 3.20. The van der Waals surface area contributed by atoms with Gasteiger partial charge in [0, 0.05) is 17.6 Å². The number of hydrogen-bond acceptors (Lipinski definition) is 2. The molecule has 0 aliphatic carbocycles. The number of benzene rings is 2. The third-order valence-corrected chi connectivity index (χ3v) is 4.85. The Balaban J connectivity index is 2.07. The summed E-state index contributed by atoms with van der Waals surface area (Å²) in [7, 11) is 0.371. The minimum Gasteiger partial charge on any atom is -0.332 e. The Labute approximate surface area is 148 Å². The quantitative estimate of drug-likeness (QED) is 0.664. The molecule has 0 bridgehead atoms. The first-order valence-electron chi connectivity index (χ1n) is 7.34. The van der Waals surface area contributed by atoms with Gasteiger partial charge < -0.3 is 4.57 Å². The van der Waals surface area contributed by atoms with E-state index in [9.17, 15) is 4.21 Å². The Bertz CT molecular complexity index is 899. The molecular weight excluding hydrogens is 342 g/mol. The number of aromatic nitrogens is 2. The van der Waals surface area contributed by atoms with Gasteiger partial charge in [0.05, 0.1) is 23.1 Å². The van der Waals surface area contributed by atoms with Crippen molar-refractivity contribution >= 4 is 28.3 Å². The fourth-order valence-electron chi connectivity index (χ4n) is 2.23. The van der Waals surface area contributed by atoms with Crippen LogP contribution in [0.2, 0.25) is 5.02 Å². The molecule has 0 fully saturated rings. The monoisotopic (exact) mass is 357 g/mol. The molecule has 0 radical (unpaired) electrons. The molecule has 3 rings (SSSR count). The first-order valence-corrected chi connectivity index (χ1v) is 8.83. The van der Waals surface area contributed by atoms with E-state index in [4.69, 9.17) is 11.6 Å². The van der Waals surface area contributed by atoms with E-state index < -0.39 is 11.0 Å². The first kappa shape index (κ1) is 16.6. The van der Waals surface area contributed by atoms with Crippen molar-refractivity contribution in [3.05, 3.63) is 82.9 Å². The Morgan fingerprint density at radius 3 is 2.38 bits per heavy atom. The highest BCUT2D eigenvalue weighted by molar-refractivity contribution is 7.84. The third kappa shape index (κ3) is 3.63. The number of aryl methyl sites for hydroxylation is 2. The summed E-state index contributed by atoms with van der Waals surface area (Å²) in [4.78, 5) is 4.80. The van der Waals surface area contributed by atoms with Crippen LogP contribution < -0.4 is 0 Å². The van der Waals surface area contributed by atoms with Gasteiger partial charge in [-0.1, -0.05) is 41.4 Å². The van der Waals surface area contributed by atoms with Crippen LogP contribution in [0.4, 0.5) is 0 Å². The zero-order chi connectivity index (χ0) is 17.1. The zero-order valence-corrected chi connectivity index (χ0v) is 14.9. The summed E-state index contributed by atoms with van der Waals surface area (Å²) >= 11 is 5.97. The van der Waals surface area contributed by atoms with Crippen LogP contribution in [0.15, 0.2) is 70.3 Å². The van der Waals surface area contributed by atoms with Crippen LogP contribution in [-0.2, 0) is 18.0 Å². The summed E-state index contributed by atoms with van der Waals surface area (Å²) in [6.45, 7) is 1.99. The van der Waals surface area contributed by atoms with Crippen LogP contribution in [0.25, 0.3) is 0 Å². The van der Waals surface area contributed by atoms with Crippen molar-refractivity contribution in [3.63, 3.8) is 0 Å². The molecule has 0 amide bonds. The van der Waals surface area contributed by atoms with Crippen molar-refractivity contribution in [3.8, 4) is 0 Å². The maximum Gasteiger partial charge on any atom is 0.173 e. The molecule has 1 atom stereocenters. The molecule has 0 saturated carbocycles. The number of imidazole rings is 1. The smallest absolute Gasteiger partial charge is 0.173 e. The minimum atomic E-state index is -1.51. The maximum absolute atomic E-state index is 12.7. The van der Waals surface area contributed by atoms with Gasteiger partial charge in [-0.3, -0.25) is 0 Å². The topological polar surface area (TPSA) is 47.2 Å². The minimum absolute atomic E-state index is 0.616. The molecule has 6 heteroatoms. The molecule has 2 aromatic carbocycles. The summed E-state index contributed by atoms with van der Waals surface area (Å²) in [5.41, 5.74) is 3.36. The number of halogens is 1. The third-order valence-electron chi connectivity index (χ3n) is 3.57. The van der Waals surface area contributed by atoms with Gasteiger partial charge in [-0.25, -0.2) is 9.19 Å². The maximum atomic E-state index is 12.7. The average molecular weight is 358 g/mol. The van der Waals surface area contributed by atoms with Gasteiger partial charge in [0.15, 0.2) is 11.0 Å². The number of rotatable bonds is 4. The molecule has 1 unspecified atom stereocenters. The Kier molecular flexibility index (Phi) is 4.92. The van der Waals surface area contributed by atoms with Crippen molar-refractivity contribution in [2.45, 2.75) is 11.8 Å². The van der Waals surface area contributed by atoms with Crippen molar-refractivity contribution in [1.82, 2.24) is 9.55 Å². The second kappa shape index (κ2) is 7.11. The van der Waals surface area contributed by atoms with E-state index in [1.54, 1.807) is 24.7 Å². The van der Waals surface area contributed by atoms with E-state index >= 15 is 0 Å². The predicted octanol–water partition coefficient (Wildman–Crippen LogP) is 3.94. The van der Waals surface area contributed by atoms with Gasteiger partial charge in [-0.05, 0) is 31.2 Å². The molecular formula is C18H16ClN3OS. The Morgan fingerprint density at radius 2 is 1.79 bits per heavy atom. The van der Waals surface area contributed by atoms with E-state index in [1.807, 2.05) is 54.9 Å². The molecule has 24 heavy (non-hydrogen) atoms. The van der Waals surface area contributed by atoms with E-state index in [2.05, 4.69) is 9.38 Å². The van der Waals surface area contributed by atoms with Gasteiger partial charge in [-0.15, -0.1) is 0 Å². The predicted molar refractivity (Wildman–Crippen MR) is 97.9 cm³/mol. The number of nitrogens with zero attached hydrogens (tertiary/aromatic N) is 3.